The van der Waals surface area contributed by atoms with E-state index in [2.05, 4.69) is 0 Å². The van der Waals surface area contributed by atoms with Gasteiger partial charge in [0.25, 0.3) is 0 Å². The fourth-order valence-electron chi connectivity index (χ4n) is 5.50. The monoisotopic (exact) mass is 482 g/mol. The molecule has 0 unspecified atom stereocenters. The number of halogens is 1. The van der Waals surface area contributed by atoms with Crippen molar-refractivity contribution in [1.82, 2.24) is 4.31 Å². The summed E-state index contributed by atoms with van der Waals surface area (Å²) in [7, 11) is -0.530. The number of benzene rings is 3. The van der Waals surface area contributed by atoms with Gasteiger partial charge in [-0.15, -0.1) is 0 Å². The van der Waals surface area contributed by atoms with Crippen molar-refractivity contribution in [2.24, 2.45) is 5.92 Å². The molecule has 3 aromatic carbocycles. The normalized spacial score (nSPS) is 22.4. The molecular weight excluding hydrogens is 455 g/mol. The molecule has 3 atom stereocenters. The number of nitrogens with zero attached hydrogens (tertiary/aromatic N) is 2. The minimum absolute atomic E-state index is 0.0886. The highest BCUT2D eigenvalue weighted by Gasteiger charge is 2.50. The molecule has 0 bridgehead atoms. The van der Waals surface area contributed by atoms with E-state index in [0.29, 0.717) is 24.1 Å². The molecule has 5 rings (SSSR count). The molecule has 2 heterocycles. The summed E-state index contributed by atoms with van der Waals surface area (Å²) in [5.41, 5.74) is 2.80. The summed E-state index contributed by atoms with van der Waals surface area (Å²) < 4.78 is 49.2. The number of ether oxygens (including phenoxy) is 1. The smallest absolute Gasteiger partial charge is 0.247 e. The van der Waals surface area contributed by atoms with Crippen molar-refractivity contribution in [2.75, 3.05) is 32.2 Å². The van der Waals surface area contributed by atoms with Crippen LogP contribution in [-0.2, 0) is 10.0 Å². The van der Waals surface area contributed by atoms with E-state index in [1.165, 1.54) is 17.5 Å². The molecule has 2 aliphatic rings. The quantitative estimate of drug-likeness (QED) is 0.594. The van der Waals surface area contributed by atoms with Crippen LogP contribution in [0.5, 0.6) is 5.75 Å². The number of hydrogen-bond acceptors (Lipinski definition) is 5. The van der Waals surface area contributed by atoms with Gasteiger partial charge in [-0.05, 0) is 47.9 Å². The van der Waals surface area contributed by atoms with E-state index in [1.54, 1.807) is 42.5 Å². The number of hydrogen-bond donors (Lipinski definition) is 1. The van der Waals surface area contributed by atoms with Crippen molar-refractivity contribution in [3.05, 3.63) is 78.1 Å². The summed E-state index contributed by atoms with van der Waals surface area (Å²) in [5, 5.41) is 10.2. The molecule has 0 saturated carbocycles. The van der Waals surface area contributed by atoms with Gasteiger partial charge in [0, 0.05) is 30.8 Å². The first kappa shape index (κ1) is 22.8. The molecule has 0 radical (unpaired) electrons. The standard InChI is InChI=1S/C26H27FN2O4S/c1-28-22-12-11-17(18-7-3-4-8-21(18)27)15-20(22)26-19(23(28)16-30)13-14-29(26)34(31,32)25-10-6-5-9-24(25)33-2/h3-12,15,19,23,26,30H,13-14,16H2,1-2H3/t19-,23+,26-/m1/s1. The van der Waals surface area contributed by atoms with Gasteiger partial charge in [0.2, 0.25) is 10.0 Å². The van der Waals surface area contributed by atoms with Crippen LogP contribution in [0.3, 0.4) is 0 Å². The van der Waals surface area contributed by atoms with Gasteiger partial charge >= 0.3 is 0 Å². The molecule has 178 valence electrons. The maximum Gasteiger partial charge on any atom is 0.247 e. The zero-order valence-electron chi connectivity index (χ0n) is 19.1. The summed E-state index contributed by atoms with van der Waals surface area (Å²) in [6.45, 7) is 0.234. The second-order valence-corrected chi connectivity index (χ2v) is 10.6. The second-order valence-electron chi connectivity index (χ2n) is 8.78. The predicted octanol–water partition coefficient (Wildman–Crippen LogP) is 4.06. The number of aliphatic hydroxyl groups is 1. The molecule has 0 aromatic heterocycles. The first-order valence-corrected chi connectivity index (χ1v) is 12.7. The average molecular weight is 483 g/mol. The van der Waals surface area contributed by atoms with E-state index in [4.69, 9.17) is 4.74 Å². The number of sulfonamides is 1. The van der Waals surface area contributed by atoms with Crippen molar-refractivity contribution < 1.29 is 22.7 Å². The summed E-state index contributed by atoms with van der Waals surface area (Å²) in [6, 6.07) is 18.1. The lowest BCUT2D eigenvalue weighted by Gasteiger charge is -2.44. The summed E-state index contributed by atoms with van der Waals surface area (Å²) in [5.74, 6) is -0.151. The number of fused-ring (bicyclic) bond motifs is 3. The van der Waals surface area contributed by atoms with Gasteiger partial charge in [0.05, 0.1) is 25.8 Å². The molecule has 6 nitrogen and oxygen atoms in total. The first-order chi connectivity index (χ1) is 16.4. The Balaban J connectivity index is 1.67. The zero-order valence-corrected chi connectivity index (χ0v) is 19.9. The van der Waals surface area contributed by atoms with E-state index in [0.717, 1.165) is 11.3 Å². The minimum Gasteiger partial charge on any atom is -0.495 e. The Morgan fingerprint density at radius 1 is 1.09 bits per heavy atom. The lowest BCUT2D eigenvalue weighted by molar-refractivity contribution is 0.193. The molecule has 3 aromatic rings. The zero-order chi connectivity index (χ0) is 24.0. The Kier molecular flexibility index (Phi) is 5.83. The van der Waals surface area contributed by atoms with Crippen LogP contribution in [0.2, 0.25) is 0 Å². The maximum atomic E-state index is 14.6. The number of para-hydroxylation sites is 1. The lowest BCUT2D eigenvalue weighted by atomic mass is 9.81. The third kappa shape index (κ3) is 3.48. The van der Waals surface area contributed by atoms with Crippen LogP contribution in [0.1, 0.15) is 18.0 Å². The summed E-state index contributed by atoms with van der Waals surface area (Å²) in [6.07, 6.45) is 0.609. The summed E-state index contributed by atoms with van der Waals surface area (Å²) >= 11 is 0. The third-order valence-corrected chi connectivity index (χ3v) is 9.06. The van der Waals surface area contributed by atoms with Crippen molar-refractivity contribution >= 4 is 15.7 Å². The number of aliphatic hydroxyl groups excluding tert-OH is 1. The highest BCUT2D eigenvalue weighted by molar-refractivity contribution is 7.89. The molecule has 2 aliphatic heterocycles. The van der Waals surface area contributed by atoms with E-state index in [-0.39, 0.29) is 35.0 Å². The van der Waals surface area contributed by atoms with Crippen LogP contribution in [0.15, 0.2) is 71.6 Å². The number of methoxy groups -OCH3 is 1. The van der Waals surface area contributed by atoms with Gasteiger partial charge in [-0.2, -0.15) is 4.31 Å². The number of likely N-dealkylation sites (N-methyl/N-ethyl adjacent to an activating group) is 1. The van der Waals surface area contributed by atoms with Gasteiger partial charge < -0.3 is 14.7 Å². The van der Waals surface area contributed by atoms with Crippen molar-refractivity contribution in [1.29, 1.82) is 0 Å². The van der Waals surface area contributed by atoms with Gasteiger partial charge in [-0.3, -0.25) is 0 Å². The predicted molar refractivity (Wildman–Crippen MR) is 129 cm³/mol. The van der Waals surface area contributed by atoms with Gasteiger partial charge in [0.1, 0.15) is 16.5 Å². The fourth-order valence-corrected chi connectivity index (χ4v) is 7.33. The van der Waals surface area contributed by atoms with Crippen LogP contribution in [0.4, 0.5) is 10.1 Å². The van der Waals surface area contributed by atoms with Crippen molar-refractivity contribution in [3.8, 4) is 16.9 Å². The molecule has 0 spiro atoms. The molecule has 1 N–H and O–H groups in total. The Morgan fingerprint density at radius 3 is 2.56 bits per heavy atom. The number of anilines is 1. The first-order valence-electron chi connectivity index (χ1n) is 11.3. The van der Waals surface area contributed by atoms with E-state index < -0.39 is 16.1 Å². The average Bonchev–Trinajstić information content (AvgIpc) is 3.30. The SMILES string of the molecule is COc1ccccc1S(=O)(=O)N1CC[C@@H]2[C@H](CO)N(C)c3ccc(-c4ccccc4F)cc3[C@@H]21. The molecule has 0 amide bonds. The molecule has 8 heteroatoms. The van der Waals surface area contributed by atoms with Crippen LogP contribution in [-0.4, -0.2) is 51.2 Å². The van der Waals surface area contributed by atoms with Crippen LogP contribution >= 0.6 is 0 Å². The molecule has 34 heavy (non-hydrogen) atoms. The highest BCUT2D eigenvalue weighted by atomic mass is 32.2. The van der Waals surface area contributed by atoms with Gasteiger partial charge in [-0.1, -0.05) is 36.4 Å². The summed E-state index contributed by atoms with van der Waals surface area (Å²) in [4.78, 5) is 2.13. The Bertz CT molecular complexity index is 1330. The Hall–Kier alpha value is -2.94. The molecule has 1 saturated heterocycles. The van der Waals surface area contributed by atoms with Crippen molar-refractivity contribution in [3.63, 3.8) is 0 Å². The Labute approximate surface area is 199 Å². The number of rotatable bonds is 5. The van der Waals surface area contributed by atoms with Gasteiger partial charge in [-0.25, -0.2) is 12.8 Å². The fraction of sp³-hybridized carbons (Fsp3) is 0.308. The Morgan fingerprint density at radius 2 is 1.82 bits per heavy atom. The largest absolute Gasteiger partial charge is 0.495 e. The van der Waals surface area contributed by atoms with E-state index in [9.17, 15) is 17.9 Å². The van der Waals surface area contributed by atoms with Gasteiger partial charge in [0.15, 0.2) is 0 Å². The molecule has 1 fully saturated rings. The second kappa shape index (κ2) is 8.69. The lowest BCUT2D eigenvalue weighted by Crippen LogP contribution is -2.48. The van der Waals surface area contributed by atoms with E-state index in [1.807, 2.05) is 30.1 Å². The molecule has 0 aliphatic carbocycles. The molecular formula is C26H27FN2O4S. The maximum absolute atomic E-state index is 14.6. The van der Waals surface area contributed by atoms with Crippen LogP contribution < -0.4 is 9.64 Å². The van der Waals surface area contributed by atoms with Crippen LogP contribution in [0.25, 0.3) is 11.1 Å². The topological polar surface area (TPSA) is 70.1 Å². The minimum atomic E-state index is -3.90. The van der Waals surface area contributed by atoms with E-state index >= 15 is 0 Å². The third-order valence-electron chi connectivity index (χ3n) is 7.14. The van der Waals surface area contributed by atoms with Crippen LogP contribution in [0, 0.1) is 11.7 Å². The van der Waals surface area contributed by atoms with Crippen molar-refractivity contribution in [2.45, 2.75) is 23.4 Å². The highest BCUT2D eigenvalue weighted by Crippen LogP contribution is 2.51.